The molecule has 0 aromatic heterocycles. The third kappa shape index (κ3) is 5.41. The van der Waals surface area contributed by atoms with Crippen molar-refractivity contribution in [3.8, 4) is 11.5 Å². The largest absolute Gasteiger partial charge is 0.507 e. The predicted octanol–water partition coefficient (Wildman–Crippen LogP) is 4.56. The SMILES string of the molecule is CCCCCOc1cccc(C2/C(=C(/O)c3ccc4c(c3)CC(C)O4)C(=O)C(=O)N2CCN(C)C)c1. The van der Waals surface area contributed by atoms with Crippen molar-refractivity contribution in [3.63, 3.8) is 0 Å². The second-order valence-electron chi connectivity index (χ2n) is 9.88. The lowest BCUT2D eigenvalue weighted by Crippen LogP contribution is -2.35. The van der Waals surface area contributed by atoms with Gasteiger partial charge in [-0.3, -0.25) is 9.59 Å². The predicted molar refractivity (Wildman–Crippen MR) is 139 cm³/mol. The number of ether oxygens (including phenoxy) is 2. The molecule has 0 saturated carbocycles. The maximum atomic E-state index is 13.3. The molecule has 2 heterocycles. The van der Waals surface area contributed by atoms with Crippen LogP contribution in [0.1, 0.15) is 55.8 Å². The first kappa shape index (κ1) is 25.8. The van der Waals surface area contributed by atoms with Gasteiger partial charge < -0.3 is 24.4 Å². The van der Waals surface area contributed by atoms with E-state index >= 15 is 0 Å². The number of hydrogen-bond acceptors (Lipinski definition) is 6. The van der Waals surface area contributed by atoms with Crippen LogP contribution in [0.25, 0.3) is 5.76 Å². The monoisotopic (exact) mass is 492 g/mol. The van der Waals surface area contributed by atoms with Crippen LogP contribution in [-0.4, -0.2) is 66.5 Å². The average molecular weight is 493 g/mol. The Morgan fingerprint density at radius 2 is 1.97 bits per heavy atom. The summed E-state index contributed by atoms with van der Waals surface area (Å²) in [5.41, 5.74) is 2.33. The number of carbonyl (C=O) groups is 2. The lowest BCUT2D eigenvalue weighted by atomic mass is 9.94. The Balaban J connectivity index is 1.74. The molecule has 2 aromatic rings. The summed E-state index contributed by atoms with van der Waals surface area (Å²) in [6.45, 7) is 5.69. The van der Waals surface area contributed by atoms with Crippen molar-refractivity contribution in [2.75, 3.05) is 33.8 Å². The summed E-state index contributed by atoms with van der Waals surface area (Å²) in [5, 5.41) is 11.4. The van der Waals surface area contributed by atoms with E-state index in [1.807, 2.05) is 62.3 Å². The Morgan fingerprint density at radius 3 is 2.72 bits per heavy atom. The van der Waals surface area contributed by atoms with Gasteiger partial charge in [-0.05, 0) is 68.9 Å². The number of carbonyl (C=O) groups excluding carboxylic acids is 2. The van der Waals surface area contributed by atoms with Crippen LogP contribution < -0.4 is 9.47 Å². The summed E-state index contributed by atoms with van der Waals surface area (Å²) < 4.78 is 11.7. The van der Waals surface area contributed by atoms with Gasteiger partial charge in [0.05, 0.1) is 18.2 Å². The number of aliphatic hydroxyl groups is 1. The standard InChI is InChI=1S/C29H36N2O5/c1-5-6-7-15-35-23-10-8-9-20(18-23)26-25(28(33)29(34)31(26)14-13-30(3)4)27(32)21-11-12-24-22(17-21)16-19(2)36-24/h8-12,17-19,26,32H,5-7,13-16H2,1-4H3/b27-25-. The molecule has 4 rings (SSSR count). The molecule has 36 heavy (non-hydrogen) atoms. The van der Waals surface area contributed by atoms with Crippen molar-refractivity contribution < 1.29 is 24.2 Å². The molecule has 1 amide bonds. The third-order valence-electron chi connectivity index (χ3n) is 6.69. The van der Waals surface area contributed by atoms with E-state index in [9.17, 15) is 14.7 Å². The fourth-order valence-corrected chi connectivity index (χ4v) is 4.81. The molecule has 2 unspecified atom stereocenters. The highest BCUT2D eigenvalue weighted by Crippen LogP contribution is 2.41. The zero-order chi connectivity index (χ0) is 25.8. The molecule has 2 aromatic carbocycles. The molecule has 192 valence electrons. The quantitative estimate of drug-likeness (QED) is 0.227. The number of benzene rings is 2. The number of ketones is 1. The number of likely N-dealkylation sites (tertiary alicyclic amines) is 1. The minimum Gasteiger partial charge on any atom is -0.507 e. The van der Waals surface area contributed by atoms with Gasteiger partial charge in [0.15, 0.2) is 0 Å². The van der Waals surface area contributed by atoms with Crippen LogP contribution in [0.4, 0.5) is 0 Å². The molecule has 7 nitrogen and oxygen atoms in total. The number of hydrogen-bond donors (Lipinski definition) is 1. The number of amides is 1. The van der Waals surface area contributed by atoms with Crippen molar-refractivity contribution in [3.05, 3.63) is 64.7 Å². The van der Waals surface area contributed by atoms with Gasteiger partial charge in [-0.15, -0.1) is 0 Å². The molecular weight excluding hydrogens is 456 g/mol. The Labute approximate surface area is 213 Å². The highest BCUT2D eigenvalue weighted by molar-refractivity contribution is 6.46. The highest BCUT2D eigenvalue weighted by Gasteiger charge is 2.46. The Bertz CT molecular complexity index is 1160. The van der Waals surface area contributed by atoms with Crippen LogP contribution in [0.3, 0.4) is 0 Å². The number of likely N-dealkylation sites (N-methyl/N-ethyl adjacent to an activating group) is 1. The van der Waals surface area contributed by atoms with Gasteiger partial charge in [0, 0.05) is 25.1 Å². The first-order valence-corrected chi connectivity index (χ1v) is 12.8. The number of fused-ring (bicyclic) bond motifs is 1. The van der Waals surface area contributed by atoms with E-state index in [1.165, 1.54) is 0 Å². The number of rotatable bonds is 10. The van der Waals surface area contributed by atoms with Crippen LogP contribution in [0, 0.1) is 0 Å². The third-order valence-corrected chi connectivity index (χ3v) is 6.69. The van der Waals surface area contributed by atoms with Crippen LogP contribution >= 0.6 is 0 Å². The lowest BCUT2D eigenvalue weighted by Gasteiger charge is -2.27. The lowest BCUT2D eigenvalue weighted by molar-refractivity contribution is -0.140. The second kappa shape index (κ2) is 11.2. The molecule has 2 aliphatic rings. The molecule has 0 radical (unpaired) electrons. The van der Waals surface area contributed by atoms with E-state index in [-0.39, 0.29) is 17.4 Å². The first-order valence-electron chi connectivity index (χ1n) is 12.8. The van der Waals surface area contributed by atoms with Gasteiger partial charge >= 0.3 is 0 Å². The molecule has 1 saturated heterocycles. The Kier molecular flexibility index (Phi) is 7.99. The molecule has 0 bridgehead atoms. The maximum Gasteiger partial charge on any atom is 0.295 e. The van der Waals surface area contributed by atoms with E-state index in [0.717, 1.165) is 42.6 Å². The molecule has 7 heteroatoms. The number of Topliss-reactive ketones (excluding diaryl/α,β-unsaturated/α-hetero) is 1. The first-order chi connectivity index (χ1) is 17.3. The van der Waals surface area contributed by atoms with E-state index in [0.29, 0.717) is 31.0 Å². The summed E-state index contributed by atoms with van der Waals surface area (Å²) in [5.74, 6) is 0.0363. The zero-order valence-electron chi connectivity index (χ0n) is 21.6. The van der Waals surface area contributed by atoms with Crippen molar-refractivity contribution in [2.24, 2.45) is 0 Å². The van der Waals surface area contributed by atoms with Crippen molar-refractivity contribution in [2.45, 2.75) is 51.7 Å². The van der Waals surface area contributed by atoms with Gasteiger partial charge in [-0.25, -0.2) is 0 Å². The zero-order valence-corrected chi connectivity index (χ0v) is 21.6. The molecule has 1 N–H and O–H groups in total. The minimum atomic E-state index is -0.701. The van der Waals surface area contributed by atoms with E-state index in [2.05, 4.69) is 6.92 Å². The van der Waals surface area contributed by atoms with Crippen molar-refractivity contribution >= 4 is 17.4 Å². The van der Waals surface area contributed by atoms with Crippen molar-refractivity contribution in [1.29, 1.82) is 0 Å². The topological polar surface area (TPSA) is 79.3 Å². The number of aliphatic hydroxyl groups excluding tert-OH is 1. The fourth-order valence-electron chi connectivity index (χ4n) is 4.81. The van der Waals surface area contributed by atoms with E-state index in [1.54, 1.807) is 11.0 Å². The van der Waals surface area contributed by atoms with Crippen LogP contribution in [0.2, 0.25) is 0 Å². The van der Waals surface area contributed by atoms with Crippen LogP contribution in [0.5, 0.6) is 11.5 Å². The van der Waals surface area contributed by atoms with Gasteiger partial charge in [-0.2, -0.15) is 0 Å². The van der Waals surface area contributed by atoms with Gasteiger partial charge in [0.25, 0.3) is 11.7 Å². The summed E-state index contributed by atoms with van der Waals surface area (Å²) in [6, 6.07) is 12.2. The molecule has 0 spiro atoms. The highest BCUT2D eigenvalue weighted by atomic mass is 16.5. The molecular formula is C29H36N2O5. The van der Waals surface area contributed by atoms with Crippen LogP contribution in [0.15, 0.2) is 48.0 Å². The average Bonchev–Trinajstić information content (AvgIpc) is 3.35. The molecule has 2 aliphatic heterocycles. The normalized spacial score (nSPS) is 20.6. The molecule has 2 atom stereocenters. The van der Waals surface area contributed by atoms with Crippen molar-refractivity contribution in [1.82, 2.24) is 9.80 Å². The molecule has 1 fully saturated rings. The van der Waals surface area contributed by atoms with E-state index in [4.69, 9.17) is 9.47 Å². The summed E-state index contributed by atoms with van der Waals surface area (Å²) in [7, 11) is 3.84. The second-order valence-corrected chi connectivity index (χ2v) is 9.88. The Hall–Kier alpha value is -3.32. The number of unbranched alkanes of at least 4 members (excludes halogenated alkanes) is 2. The van der Waals surface area contributed by atoms with Gasteiger partial charge in [0.2, 0.25) is 0 Å². The molecule has 0 aliphatic carbocycles. The minimum absolute atomic E-state index is 0.0640. The van der Waals surface area contributed by atoms with Gasteiger partial charge in [0.1, 0.15) is 23.4 Å². The van der Waals surface area contributed by atoms with Crippen LogP contribution in [-0.2, 0) is 16.0 Å². The summed E-state index contributed by atoms with van der Waals surface area (Å²) >= 11 is 0. The summed E-state index contributed by atoms with van der Waals surface area (Å²) in [6.07, 6.45) is 3.96. The Morgan fingerprint density at radius 1 is 1.17 bits per heavy atom. The number of nitrogens with zero attached hydrogens (tertiary/aromatic N) is 2. The summed E-state index contributed by atoms with van der Waals surface area (Å²) in [4.78, 5) is 30.0. The fraction of sp³-hybridized carbons (Fsp3) is 0.448. The van der Waals surface area contributed by atoms with Gasteiger partial charge in [-0.1, -0.05) is 31.9 Å². The smallest absolute Gasteiger partial charge is 0.295 e. The maximum absolute atomic E-state index is 13.3. The van der Waals surface area contributed by atoms with E-state index < -0.39 is 17.7 Å².